The number of amides is 1. The molecule has 1 aromatic carbocycles. The average Bonchev–Trinajstić information content (AvgIpc) is 3.54. The molecule has 0 aliphatic rings. The van der Waals surface area contributed by atoms with Crippen molar-refractivity contribution in [1.82, 2.24) is 34.3 Å². The van der Waals surface area contributed by atoms with Gasteiger partial charge in [-0.2, -0.15) is 15.3 Å². The molecule has 0 saturated carbocycles. The number of carbonyl (C=O) groups excluding carboxylic acids is 1. The van der Waals surface area contributed by atoms with E-state index < -0.39 is 6.43 Å². The number of aromatic nitrogens is 7. The van der Waals surface area contributed by atoms with Gasteiger partial charge in [-0.3, -0.25) is 14.2 Å². The van der Waals surface area contributed by atoms with E-state index in [9.17, 15) is 13.6 Å². The number of nitrogens with one attached hydrogen (secondary N) is 1. The number of fused-ring (bicyclic) bond motifs is 1. The summed E-state index contributed by atoms with van der Waals surface area (Å²) < 4.78 is 32.5. The number of pyridine rings is 1. The van der Waals surface area contributed by atoms with Crippen LogP contribution in [0.1, 0.15) is 23.2 Å². The Kier molecular flexibility index (Phi) is 6.23. The molecule has 12 heteroatoms. The third-order valence-corrected chi connectivity index (χ3v) is 5.82. The van der Waals surface area contributed by atoms with E-state index in [0.717, 1.165) is 5.56 Å². The summed E-state index contributed by atoms with van der Waals surface area (Å²) in [5.74, 6) is -0.363. The van der Waals surface area contributed by atoms with Crippen molar-refractivity contribution in [2.75, 3.05) is 5.32 Å². The van der Waals surface area contributed by atoms with Crippen LogP contribution in [-0.2, 0) is 24.9 Å². The van der Waals surface area contributed by atoms with E-state index in [4.69, 9.17) is 11.6 Å². The molecular weight excluding hydrogens is 490 g/mol. The van der Waals surface area contributed by atoms with Crippen molar-refractivity contribution in [3.63, 3.8) is 0 Å². The molecule has 0 aliphatic heterocycles. The lowest BCUT2D eigenvalue weighted by atomic mass is 10.1. The molecule has 1 N–H and O–H groups in total. The molecule has 0 saturated heterocycles. The van der Waals surface area contributed by atoms with Crippen LogP contribution in [0.3, 0.4) is 0 Å². The van der Waals surface area contributed by atoms with Gasteiger partial charge in [0.15, 0.2) is 5.65 Å². The normalized spacial score (nSPS) is 11.5. The predicted octanol–water partition coefficient (Wildman–Crippen LogP) is 4.61. The standard InChI is InChI=1S/C24H21ClF2N8O/c1-14-22-19(23(26)27)7-20(16-8-28-33(2)11-16)31-24(22)35(32-14)13-21(36)30-18-5-3-15(4-6-18)10-34-12-17(25)9-29-34/h3-9,11-12,23H,10,13H2,1-2H3,(H,30,36). The second-order valence-electron chi connectivity index (χ2n) is 8.34. The fourth-order valence-corrected chi connectivity index (χ4v) is 4.17. The summed E-state index contributed by atoms with van der Waals surface area (Å²) in [4.78, 5) is 17.4. The summed E-state index contributed by atoms with van der Waals surface area (Å²) in [6.45, 7) is 1.97. The van der Waals surface area contributed by atoms with Crippen LogP contribution >= 0.6 is 11.6 Å². The molecule has 0 bridgehead atoms. The van der Waals surface area contributed by atoms with Gasteiger partial charge in [-0.05, 0) is 30.7 Å². The van der Waals surface area contributed by atoms with Gasteiger partial charge in [0, 0.05) is 36.3 Å². The largest absolute Gasteiger partial charge is 0.324 e. The predicted molar refractivity (Wildman–Crippen MR) is 131 cm³/mol. The first kappa shape index (κ1) is 23.6. The fourth-order valence-electron chi connectivity index (χ4n) is 4.01. The van der Waals surface area contributed by atoms with Gasteiger partial charge in [0.05, 0.1) is 40.7 Å². The van der Waals surface area contributed by atoms with E-state index in [1.807, 2.05) is 12.1 Å². The Labute approximate surface area is 209 Å². The maximum Gasteiger partial charge on any atom is 0.264 e. The second-order valence-corrected chi connectivity index (χ2v) is 8.78. The van der Waals surface area contributed by atoms with Crippen LogP contribution < -0.4 is 5.32 Å². The van der Waals surface area contributed by atoms with E-state index >= 15 is 0 Å². The monoisotopic (exact) mass is 510 g/mol. The van der Waals surface area contributed by atoms with Crippen molar-refractivity contribution < 1.29 is 13.6 Å². The third-order valence-electron chi connectivity index (χ3n) is 5.62. The highest BCUT2D eigenvalue weighted by atomic mass is 35.5. The Balaban J connectivity index is 1.37. The molecule has 4 aromatic heterocycles. The number of hydrogen-bond acceptors (Lipinski definition) is 5. The van der Waals surface area contributed by atoms with Gasteiger partial charge in [-0.25, -0.2) is 18.4 Å². The number of alkyl halides is 2. The highest BCUT2D eigenvalue weighted by molar-refractivity contribution is 6.30. The van der Waals surface area contributed by atoms with Gasteiger partial charge >= 0.3 is 0 Å². The van der Waals surface area contributed by atoms with Crippen molar-refractivity contribution in [3.05, 3.63) is 77.0 Å². The average molecular weight is 511 g/mol. The number of rotatable bonds is 7. The van der Waals surface area contributed by atoms with Crippen molar-refractivity contribution >= 4 is 34.2 Å². The SMILES string of the molecule is Cc1nn(CC(=O)Nc2ccc(Cn3cc(Cl)cn3)cc2)c2nc(-c3cnn(C)c3)cc(C(F)F)c12. The first-order chi connectivity index (χ1) is 17.3. The van der Waals surface area contributed by atoms with Gasteiger partial charge in [0.1, 0.15) is 6.54 Å². The summed E-state index contributed by atoms with van der Waals surface area (Å²) in [6, 6.07) is 8.64. The minimum atomic E-state index is -2.73. The van der Waals surface area contributed by atoms with Crippen LogP contribution in [0.25, 0.3) is 22.3 Å². The summed E-state index contributed by atoms with van der Waals surface area (Å²) >= 11 is 5.90. The Morgan fingerprint density at radius 3 is 2.56 bits per heavy atom. The Morgan fingerprint density at radius 2 is 1.92 bits per heavy atom. The minimum Gasteiger partial charge on any atom is -0.324 e. The zero-order chi connectivity index (χ0) is 25.4. The molecule has 0 fully saturated rings. The van der Waals surface area contributed by atoms with Gasteiger partial charge < -0.3 is 5.32 Å². The zero-order valence-electron chi connectivity index (χ0n) is 19.4. The lowest BCUT2D eigenvalue weighted by molar-refractivity contribution is -0.116. The number of nitrogens with zero attached hydrogens (tertiary/aromatic N) is 7. The first-order valence-electron chi connectivity index (χ1n) is 11.0. The number of benzene rings is 1. The molecule has 36 heavy (non-hydrogen) atoms. The van der Waals surface area contributed by atoms with E-state index in [1.165, 1.54) is 10.7 Å². The lowest BCUT2D eigenvalue weighted by Crippen LogP contribution is -2.20. The number of hydrogen-bond donors (Lipinski definition) is 1. The molecule has 184 valence electrons. The van der Waals surface area contributed by atoms with E-state index in [2.05, 4.69) is 25.6 Å². The summed E-state index contributed by atoms with van der Waals surface area (Å²) in [5, 5.41) is 16.2. The Hall–Kier alpha value is -4.12. The van der Waals surface area contributed by atoms with Gasteiger partial charge in [-0.1, -0.05) is 23.7 Å². The quantitative estimate of drug-likeness (QED) is 0.345. The molecule has 4 heterocycles. The molecule has 1 amide bonds. The first-order valence-corrected chi connectivity index (χ1v) is 11.4. The van der Waals surface area contributed by atoms with Crippen molar-refractivity contribution in [2.45, 2.75) is 26.4 Å². The van der Waals surface area contributed by atoms with E-state index in [-0.39, 0.29) is 29.0 Å². The molecule has 0 atom stereocenters. The zero-order valence-corrected chi connectivity index (χ0v) is 20.1. The maximum absolute atomic E-state index is 13.9. The molecule has 9 nitrogen and oxygen atoms in total. The number of aryl methyl sites for hydroxylation is 2. The summed E-state index contributed by atoms with van der Waals surface area (Å²) in [7, 11) is 1.73. The van der Waals surface area contributed by atoms with Crippen LogP contribution in [-0.4, -0.2) is 40.2 Å². The lowest BCUT2D eigenvalue weighted by Gasteiger charge is -2.09. The molecule has 0 spiro atoms. The number of carbonyl (C=O) groups is 1. The Bertz CT molecular complexity index is 1550. The van der Waals surface area contributed by atoms with Crippen molar-refractivity contribution in [2.24, 2.45) is 7.05 Å². The summed E-state index contributed by atoms with van der Waals surface area (Å²) in [5.41, 5.74) is 2.90. The van der Waals surface area contributed by atoms with Crippen molar-refractivity contribution in [3.8, 4) is 11.3 Å². The Morgan fingerprint density at radius 1 is 1.14 bits per heavy atom. The molecule has 0 unspecified atom stereocenters. The van der Waals surface area contributed by atoms with Crippen LogP contribution in [0.15, 0.2) is 55.1 Å². The molecule has 0 radical (unpaired) electrons. The smallest absolute Gasteiger partial charge is 0.264 e. The topological polar surface area (TPSA) is 95.5 Å². The third kappa shape index (κ3) is 4.82. The molecule has 5 aromatic rings. The van der Waals surface area contributed by atoms with Crippen LogP contribution in [0.4, 0.5) is 14.5 Å². The minimum absolute atomic E-state index is 0.183. The number of halogens is 3. The maximum atomic E-state index is 13.9. The van der Waals surface area contributed by atoms with Gasteiger partial charge in [0.2, 0.25) is 5.91 Å². The fraction of sp³-hybridized carbons (Fsp3) is 0.208. The van der Waals surface area contributed by atoms with Crippen LogP contribution in [0, 0.1) is 6.92 Å². The summed E-state index contributed by atoms with van der Waals surface area (Å²) in [6.07, 6.45) is 3.80. The molecule has 5 rings (SSSR count). The van der Waals surface area contributed by atoms with Gasteiger partial charge in [0.25, 0.3) is 6.43 Å². The molecule has 0 aliphatic carbocycles. The van der Waals surface area contributed by atoms with E-state index in [1.54, 1.807) is 60.3 Å². The highest BCUT2D eigenvalue weighted by Crippen LogP contribution is 2.33. The number of anilines is 1. The van der Waals surface area contributed by atoms with E-state index in [0.29, 0.717) is 34.2 Å². The highest BCUT2D eigenvalue weighted by Gasteiger charge is 2.22. The second kappa shape index (κ2) is 9.50. The van der Waals surface area contributed by atoms with Crippen LogP contribution in [0.5, 0.6) is 0 Å². The van der Waals surface area contributed by atoms with Crippen LogP contribution in [0.2, 0.25) is 5.02 Å². The van der Waals surface area contributed by atoms with Crippen molar-refractivity contribution in [1.29, 1.82) is 0 Å². The molecular formula is C24H21ClF2N8O. The van der Waals surface area contributed by atoms with Gasteiger partial charge in [-0.15, -0.1) is 0 Å².